The monoisotopic (exact) mass is 294 g/mol. The largest absolute Gasteiger partial charge is 0.287 e. The normalized spacial score (nSPS) is 19.7. The molecule has 100 valence electrons. The Morgan fingerprint density at radius 1 is 1.37 bits per heavy atom. The molecule has 1 amide bonds. The van der Waals surface area contributed by atoms with Crippen molar-refractivity contribution in [3.8, 4) is 0 Å². The van der Waals surface area contributed by atoms with Crippen LogP contribution in [0.2, 0.25) is 5.02 Å². The van der Waals surface area contributed by atoms with E-state index in [1.807, 2.05) is 44.2 Å². The molecule has 1 aliphatic heterocycles. The average Bonchev–Trinajstić information content (AvgIpc) is 2.69. The van der Waals surface area contributed by atoms with Crippen LogP contribution >= 0.6 is 23.4 Å². The minimum absolute atomic E-state index is 0.000352. The molecular weight excluding hydrogens is 280 g/mol. The number of benzene rings is 1. The van der Waals surface area contributed by atoms with Gasteiger partial charge in [-0.3, -0.25) is 14.7 Å². The predicted molar refractivity (Wildman–Crippen MR) is 82.4 cm³/mol. The molecule has 0 atom stereocenters. The van der Waals surface area contributed by atoms with Gasteiger partial charge >= 0.3 is 0 Å². The molecule has 1 saturated heterocycles. The first kappa shape index (κ1) is 14.2. The second-order valence-corrected chi connectivity index (χ2v) is 5.35. The molecule has 1 fully saturated rings. The highest BCUT2D eigenvalue weighted by atomic mass is 35.5. The Hall–Kier alpha value is -1.26. The highest BCUT2D eigenvalue weighted by Crippen LogP contribution is 2.33. The standard InChI is InChI=1S/C14H15ClN2OS/c1-3-16-14-17(4-2)13(18)12(19-14)9-10-7-5-6-8-11(10)15/h5-9H,3-4H2,1-2H3. The number of hydrogen-bond donors (Lipinski definition) is 0. The summed E-state index contributed by atoms with van der Waals surface area (Å²) in [6, 6.07) is 7.49. The van der Waals surface area contributed by atoms with E-state index in [9.17, 15) is 4.79 Å². The number of amides is 1. The van der Waals surface area contributed by atoms with Crippen molar-refractivity contribution >= 4 is 40.5 Å². The number of carbonyl (C=O) groups excluding carboxylic acids is 1. The van der Waals surface area contributed by atoms with Gasteiger partial charge in [-0.05, 0) is 43.3 Å². The van der Waals surface area contributed by atoms with E-state index in [1.165, 1.54) is 11.8 Å². The van der Waals surface area contributed by atoms with Crippen molar-refractivity contribution in [1.82, 2.24) is 4.90 Å². The minimum Gasteiger partial charge on any atom is -0.287 e. The molecule has 5 heteroatoms. The Balaban J connectivity index is 2.34. The average molecular weight is 295 g/mol. The van der Waals surface area contributed by atoms with E-state index in [4.69, 9.17) is 11.6 Å². The van der Waals surface area contributed by atoms with Gasteiger partial charge in [-0.1, -0.05) is 29.8 Å². The fourth-order valence-corrected chi connectivity index (χ4v) is 3.06. The van der Waals surface area contributed by atoms with Crippen LogP contribution in [0.25, 0.3) is 6.08 Å². The maximum atomic E-state index is 12.3. The number of thioether (sulfide) groups is 1. The van der Waals surface area contributed by atoms with Gasteiger partial charge in [0.1, 0.15) is 0 Å². The molecule has 0 radical (unpaired) electrons. The van der Waals surface area contributed by atoms with E-state index in [2.05, 4.69) is 4.99 Å². The Kier molecular flexibility index (Phi) is 4.66. The van der Waals surface area contributed by atoms with E-state index < -0.39 is 0 Å². The van der Waals surface area contributed by atoms with Crippen LogP contribution in [0, 0.1) is 0 Å². The van der Waals surface area contributed by atoms with Crippen molar-refractivity contribution in [1.29, 1.82) is 0 Å². The molecule has 1 heterocycles. The molecule has 0 bridgehead atoms. The molecule has 0 spiro atoms. The molecule has 2 rings (SSSR count). The number of nitrogens with zero attached hydrogens (tertiary/aromatic N) is 2. The van der Waals surface area contributed by atoms with Crippen LogP contribution in [0.4, 0.5) is 0 Å². The van der Waals surface area contributed by atoms with Crippen molar-refractivity contribution in [2.24, 2.45) is 4.99 Å². The third-order valence-electron chi connectivity index (χ3n) is 2.69. The fourth-order valence-electron chi connectivity index (χ4n) is 1.77. The zero-order valence-corrected chi connectivity index (χ0v) is 12.5. The number of aliphatic imine (C=N–C) groups is 1. The molecule has 1 aromatic carbocycles. The molecule has 0 saturated carbocycles. The van der Waals surface area contributed by atoms with Gasteiger partial charge in [0.05, 0.1) is 4.91 Å². The molecule has 0 unspecified atom stereocenters. The van der Waals surface area contributed by atoms with E-state index in [0.29, 0.717) is 23.0 Å². The number of rotatable bonds is 3. The number of amidine groups is 1. The topological polar surface area (TPSA) is 32.7 Å². The third-order valence-corrected chi connectivity index (χ3v) is 4.08. The molecule has 0 aliphatic carbocycles. The van der Waals surface area contributed by atoms with E-state index in [0.717, 1.165) is 10.7 Å². The summed E-state index contributed by atoms with van der Waals surface area (Å²) in [5.74, 6) is -0.000352. The van der Waals surface area contributed by atoms with Gasteiger partial charge < -0.3 is 0 Å². The van der Waals surface area contributed by atoms with E-state index in [-0.39, 0.29) is 5.91 Å². The first-order chi connectivity index (χ1) is 9.17. The van der Waals surface area contributed by atoms with Crippen LogP contribution in [0.15, 0.2) is 34.2 Å². The van der Waals surface area contributed by atoms with Crippen molar-refractivity contribution in [3.63, 3.8) is 0 Å². The molecule has 3 nitrogen and oxygen atoms in total. The number of hydrogen-bond acceptors (Lipinski definition) is 3. The SMILES string of the molecule is CCN=C1SC(=Cc2ccccc2Cl)C(=O)N1CC. The van der Waals surface area contributed by atoms with Crippen LogP contribution in [0.5, 0.6) is 0 Å². The van der Waals surface area contributed by atoms with Crippen molar-refractivity contribution < 1.29 is 4.79 Å². The summed E-state index contributed by atoms with van der Waals surface area (Å²) in [5, 5.41) is 1.42. The zero-order chi connectivity index (χ0) is 13.8. The quantitative estimate of drug-likeness (QED) is 0.797. The summed E-state index contributed by atoms with van der Waals surface area (Å²) in [7, 11) is 0. The number of carbonyl (C=O) groups is 1. The fraction of sp³-hybridized carbons (Fsp3) is 0.286. The van der Waals surface area contributed by atoms with Gasteiger partial charge in [-0.25, -0.2) is 0 Å². The van der Waals surface area contributed by atoms with Crippen LogP contribution in [-0.2, 0) is 4.79 Å². The van der Waals surface area contributed by atoms with Gasteiger partial charge in [0.15, 0.2) is 5.17 Å². The molecule has 19 heavy (non-hydrogen) atoms. The van der Waals surface area contributed by atoms with E-state index >= 15 is 0 Å². The lowest BCUT2D eigenvalue weighted by Gasteiger charge is -2.11. The Morgan fingerprint density at radius 3 is 2.74 bits per heavy atom. The van der Waals surface area contributed by atoms with Crippen molar-refractivity contribution in [2.45, 2.75) is 13.8 Å². The van der Waals surface area contributed by atoms with Gasteiger partial charge in [0, 0.05) is 18.1 Å². The lowest BCUT2D eigenvalue weighted by Crippen LogP contribution is -2.28. The van der Waals surface area contributed by atoms with Crippen molar-refractivity contribution in [3.05, 3.63) is 39.8 Å². The Morgan fingerprint density at radius 2 is 2.11 bits per heavy atom. The van der Waals surface area contributed by atoms with Crippen LogP contribution < -0.4 is 0 Å². The number of halogens is 1. The van der Waals surface area contributed by atoms with Gasteiger partial charge in [-0.2, -0.15) is 0 Å². The highest BCUT2D eigenvalue weighted by molar-refractivity contribution is 8.18. The molecule has 1 aliphatic rings. The molecular formula is C14H15ClN2OS. The highest BCUT2D eigenvalue weighted by Gasteiger charge is 2.31. The van der Waals surface area contributed by atoms with Gasteiger partial charge in [-0.15, -0.1) is 0 Å². The predicted octanol–water partition coefficient (Wildman–Crippen LogP) is 3.65. The summed E-state index contributed by atoms with van der Waals surface area (Å²) in [6.45, 7) is 5.21. The Labute approximate surface area is 122 Å². The second kappa shape index (κ2) is 6.26. The smallest absolute Gasteiger partial charge is 0.266 e. The Bertz CT molecular complexity index is 554. The van der Waals surface area contributed by atoms with Gasteiger partial charge in [0.2, 0.25) is 0 Å². The van der Waals surface area contributed by atoms with Crippen LogP contribution in [-0.4, -0.2) is 29.1 Å². The third kappa shape index (κ3) is 3.01. The molecule has 0 aromatic heterocycles. The zero-order valence-electron chi connectivity index (χ0n) is 10.9. The molecule has 1 aromatic rings. The lowest BCUT2D eigenvalue weighted by atomic mass is 10.2. The minimum atomic E-state index is -0.000352. The van der Waals surface area contributed by atoms with Crippen LogP contribution in [0.3, 0.4) is 0 Å². The van der Waals surface area contributed by atoms with Gasteiger partial charge in [0.25, 0.3) is 5.91 Å². The molecule has 0 N–H and O–H groups in total. The van der Waals surface area contributed by atoms with Crippen molar-refractivity contribution in [2.75, 3.05) is 13.1 Å². The summed E-state index contributed by atoms with van der Waals surface area (Å²) < 4.78 is 0. The summed E-state index contributed by atoms with van der Waals surface area (Å²) in [6.07, 6.45) is 1.83. The number of likely N-dealkylation sites (N-methyl/N-ethyl adjacent to an activating group) is 1. The summed E-state index contributed by atoms with van der Waals surface area (Å²) in [5.41, 5.74) is 0.855. The first-order valence-electron chi connectivity index (χ1n) is 6.17. The summed E-state index contributed by atoms with van der Waals surface area (Å²) in [4.78, 5) is 19.0. The maximum absolute atomic E-state index is 12.3. The lowest BCUT2D eigenvalue weighted by molar-refractivity contribution is -0.122. The second-order valence-electron chi connectivity index (χ2n) is 3.94. The first-order valence-corrected chi connectivity index (χ1v) is 7.37. The summed E-state index contributed by atoms with van der Waals surface area (Å²) >= 11 is 7.52. The maximum Gasteiger partial charge on any atom is 0.266 e. The van der Waals surface area contributed by atoms with Crippen LogP contribution in [0.1, 0.15) is 19.4 Å². The van der Waals surface area contributed by atoms with E-state index in [1.54, 1.807) is 4.90 Å².